The van der Waals surface area contributed by atoms with Gasteiger partial charge < -0.3 is 9.47 Å². The zero-order valence-corrected chi connectivity index (χ0v) is 30.9. The van der Waals surface area contributed by atoms with Gasteiger partial charge in [0.15, 0.2) is 0 Å². The van der Waals surface area contributed by atoms with E-state index >= 15 is 0 Å². The number of carbonyl (C=O) groups is 2. The van der Waals surface area contributed by atoms with E-state index in [0.717, 1.165) is 61.0 Å². The first-order valence-corrected chi connectivity index (χ1v) is 19.5. The summed E-state index contributed by atoms with van der Waals surface area (Å²) in [5.74, 6) is 3.99. The summed E-state index contributed by atoms with van der Waals surface area (Å²) in [6.45, 7) is 16.3. The number of hydrogen-bond donors (Lipinski definition) is 0. The lowest BCUT2D eigenvalue weighted by Crippen LogP contribution is -2.60. The SMILES string of the molecule is CCC12CCC(OC(=O)c3ccc(C)cc3)CC1C(OC(=O)c1ccc(C)cc1)CC1C3CCC(C(C)CCCC(C)C)C3(C)CCC12. The minimum Gasteiger partial charge on any atom is -0.459 e. The van der Waals surface area contributed by atoms with Crippen molar-refractivity contribution in [3.63, 3.8) is 0 Å². The van der Waals surface area contributed by atoms with E-state index in [1.54, 1.807) is 0 Å². The Morgan fingerprint density at radius 3 is 1.98 bits per heavy atom. The topological polar surface area (TPSA) is 52.6 Å². The molecule has 4 nitrogen and oxygen atoms in total. The Balaban J connectivity index is 1.26. The Labute approximate surface area is 291 Å². The summed E-state index contributed by atoms with van der Waals surface area (Å²) in [5.41, 5.74) is 3.98. The van der Waals surface area contributed by atoms with Gasteiger partial charge in [0.1, 0.15) is 12.2 Å². The van der Waals surface area contributed by atoms with E-state index in [-0.39, 0.29) is 35.5 Å². The Morgan fingerprint density at radius 1 is 0.750 bits per heavy atom. The molecule has 0 bridgehead atoms. The van der Waals surface area contributed by atoms with Crippen molar-refractivity contribution < 1.29 is 19.1 Å². The second kappa shape index (κ2) is 14.3. The lowest BCUT2D eigenvalue weighted by molar-refractivity contribution is -0.182. The maximum atomic E-state index is 13.8. The Hall–Kier alpha value is -2.62. The molecule has 4 aliphatic rings. The highest BCUT2D eigenvalue weighted by atomic mass is 16.6. The van der Waals surface area contributed by atoms with Crippen LogP contribution in [0, 0.1) is 66.1 Å². The average molecular weight is 655 g/mol. The molecule has 2 aromatic rings. The summed E-state index contributed by atoms with van der Waals surface area (Å²) in [6, 6.07) is 15.5. The maximum Gasteiger partial charge on any atom is 0.338 e. The monoisotopic (exact) mass is 654 g/mol. The van der Waals surface area contributed by atoms with Crippen molar-refractivity contribution in [3.8, 4) is 0 Å². The molecule has 2 aromatic carbocycles. The van der Waals surface area contributed by atoms with E-state index in [9.17, 15) is 9.59 Å². The molecule has 0 aromatic heterocycles. The van der Waals surface area contributed by atoms with Gasteiger partial charge >= 0.3 is 11.9 Å². The van der Waals surface area contributed by atoms with Gasteiger partial charge in [-0.25, -0.2) is 9.59 Å². The first-order valence-electron chi connectivity index (χ1n) is 19.5. The summed E-state index contributed by atoms with van der Waals surface area (Å²) in [5, 5.41) is 0. The van der Waals surface area contributed by atoms with Crippen LogP contribution in [0.15, 0.2) is 48.5 Å². The molecule has 0 spiro atoms. The predicted octanol–water partition coefficient (Wildman–Crippen LogP) is 11.2. The molecule has 4 heteroatoms. The first-order chi connectivity index (χ1) is 22.9. The van der Waals surface area contributed by atoms with Crippen LogP contribution in [-0.2, 0) is 9.47 Å². The smallest absolute Gasteiger partial charge is 0.338 e. The van der Waals surface area contributed by atoms with Crippen molar-refractivity contribution in [1.29, 1.82) is 0 Å². The number of aryl methyl sites for hydroxylation is 2. The second-order valence-electron chi connectivity index (χ2n) is 17.3. The van der Waals surface area contributed by atoms with Crippen molar-refractivity contribution >= 4 is 11.9 Å². The van der Waals surface area contributed by atoms with Gasteiger partial charge in [0.2, 0.25) is 0 Å². The van der Waals surface area contributed by atoms with E-state index in [1.165, 1.54) is 44.9 Å². The third kappa shape index (κ3) is 6.76. The van der Waals surface area contributed by atoms with Crippen LogP contribution in [0.1, 0.15) is 144 Å². The number of hydrogen-bond acceptors (Lipinski definition) is 4. The van der Waals surface area contributed by atoms with Gasteiger partial charge in [-0.05, 0) is 142 Å². The zero-order valence-electron chi connectivity index (χ0n) is 30.9. The van der Waals surface area contributed by atoms with E-state index in [1.807, 2.05) is 62.4 Å². The molecule has 0 amide bonds. The van der Waals surface area contributed by atoms with Crippen molar-refractivity contribution in [2.24, 2.45) is 52.3 Å². The molecule has 0 radical (unpaired) electrons. The number of carbonyl (C=O) groups excluding carboxylic acids is 2. The molecule has 0 saturated heterocycles. The zero-order chi connectivity index (χ0) is 34.2. The molecule has 10 unspecified atom stereocenters. The van der Waals surface area contributed by atoms with Gasteiger partial charge in [0.25, 0.3) is 0 Å². The quantitative estimate of drug-likeness (QED) is 0.239. The van der Waals surface area contributed by atoms with Crippen LogP contribution in [0.5, 0.6) is 0 Å². The van der Waals surface area contributed by atoms with Gasteiger partial charge in [0.05, 0.1) is 11.1 Å². The van der Waals surface area contributed by atoms with Crippen LogP contribution in [0.3, 0.4) is 0 Å². The third-order valence-corrected chi connectivity index (χ3v) is 14.3. The maximum absolute atomic E-state index is 13.8. The van der Waals surface area contributed by atoms with Gasteiger partial charge in [-0.2, -0.15) is 0 Å². The molecule has 262 valence electrons. The fourth-order valence-electron chi connectivity index (χ4n) is 11.8. The average Bonchev–Trinajstić information content (AvgIpc) is 3.42. The van der Waals surface area contributed by atoms with Crippen molar-refractivity contribution in [2.45, 2.75) is 138 Å². The molecule has 0 N–H and O–H groups in total. The largest absolute Gasteiger partial charge is 0.459 e. The summed E-state index contributed by atoms with van der Waals surface area (Å²) >= 11 is 0. The molecule has 4 fully saturated rings. The van der Waals surface area contributed by atoms with Gasteiger partial charge in [-0.3, -0.25) is 0 Å². The van der Waals surface area contributed by atoms with Crippen LogP contribution < -0.4 is 0 Å². The van der Waals surface area contributed by atoms with Crippen molar-refractivity contribution in [1.82, 2.24) is 0 Å². The Morgan fingerprint density at radius 2 is 1.38 bits per heavy atom. The molecule has 48 heavy (non-hydrogen) atoms. The van der Waals surface area contributed by atoms with Gasteiger partial charge in [0, 0.05) is 5.92 Å². The van der Waals surface area contributed by atoms with E-state index in [4.69, 9.17) is 9.47 Å². The van der Waals surface area contributed by atoms with Crippen LogP contribution in [0.25, 0.3) is 0 Å². The summed E-state index contributed by atoms with van der Waals surface area (Å²) in [7, 11) is 0. The molecule has 10 atom stereocenters. The van der Waals surface area contributed by atoms with E-state index in [2.05, 4.69) is 34.6 Å². The summed E-state index contributed by atoms with van der Waals surface area (Å²) in [4.78, 5) is 27.1. The number of fused-ring (bicyclic) bond motifs is 5. The van der Waals surface area contributed by atoms with Crippen LogP contribution in [0.2, 0.25) is 0 Å². The van der Waals surface area contributed by atoms with E-state index < -0.39 is 0 Å². The molecular formula is C44H62O4. The highest BCUT2D eigenvalue weighted by Gasteiger charge is 2.64. The highest BCUT2D eigenvalue weighted by molar-refractivity contribution is 5.90. The second-order valence-corrected chi connectivity index (χ2v) is 17.3. The summed E-state index contributed by atoms with van der Waals surface area (Å²) < 4.78 is 12.9. The van der Waals surface area contributed by atoms with Gasteiger partial charge in [-0.1, -0.05) is 89.3 Å². The van der Waals surface area contributed by atoms with Crippen molar-refractivity contribution in [2.75, 3.05) is 0 Å². The lowest BCUT2D eigenvalue weighted by Gasteiger charge is -2.63. The standard InChI is InChI=1S/C44H62O4/c1-8-44-25-22-34(47-41(45)32-16-12-29(4)13-17-32)26-39(44)40(48-42(46)33-18-14-30(5)15-19-33)27-35-37-21-20-36(31(6)11-9-10-28(2)3)43(37,7)24-23-38(35)44/h12-19,28,31,34-40H,8-11,20-27H2,1-7H3. The minimum atomic E-state index is -0.237. The molecule has 6 rings (SSSR count). The molecule has 4 saturated carbocycles. The predicted molar refractivity (Wildman–Crippen MR) is 194 cm³/mol. The number of rotatable bonds is 10. The lowest BCUT2D eigenvalue weighted by atomic mass is 9.42. The number of benzene rings is 2. The minimum absolute atomic E-state index is 0.107. The van der Waals surface area contributed by atoms with Gasteiger partial charge in [-0.15, -0.1) is 0 Å². The molecule has 4 aliphatic carbocycles. The fraction of sp³-hybridized carbons (Fsp3) is 0.682. The summed E-state index contributed by atoms with van der Waals surface area (Å²) in [6.07, 6.45) is 13.7. The Bertz CT molecular complexity index is 1410. The normalized spacial score (nSPS) is 34.9. The molecule has 0 heterocycles. The molecule has 0 aliphatic heterocycles. The van der Waals surface area contributed by atoms with E-state index in [0.29, 0.717) is 34.3 Å². The van der Waals surface area contributed by atoms with Crippen LogP contribution >= 0.6 is 0 Å². The third-order valence-electron chi connectivity index (χ3n) is 14.3. The van der Waals surface area contributed by atoms with Crippen LogP contribution in [0.4, 0.5) is 0 Å². The van der Waals surface area contributed by atoms with Crippen molar-refractivity contribution in [3.05, 3.63) is 70.8 Å². The number of esters is 2. The van der Waals surface area contributed by atoms with Crippen LogP contribution in [-0.4, -0.2) is 24.1 Å². The molecular weight excluding hydrogens is 592 g/mol. The number of ether oxygens (including phenoxy) is 2. The fourth-order valence-corrected chi connectivity index (χ4v) is 11.8. The first kappa shape index (κ1) is 35.2. The Kier molecular flexibility index (Phi) is 10.5. The highest BCUT2D eigenvalue weighted by Crippen LogP contribution is 2.69.